The average Bonchev–Trinajstić information content (AvgIpc) is 2.48. The van der Waals surface area contributed by atoms with Gasteiger partial charge in [0.25, 0.3) is 0 Å². The highest BCUT2D eigenvalue weighted by molar-refractivity contribution is 5.95. The molecule has 1 heterocycles. The van der Waals surface area contributed by atoms with Crippen LogP contribution < -0.4 is 10.1 Å². The number of rotatable bonds is 2. The van der Waals surface area contributed by atoms with Gasteiger partial charge in [0.1, 0.15) is 5.75 Å². The summed E-state index contributed by atoms with van der Waals surface area (Å²) in [5.74, 6) is 0.937. The first-order valence-electron chi connectivity index (χ1n) is 7.14. The van der Waals surface area contributed by atoms with E-state index in [4.69, 9.17) is 4.74 Å². The lowest BCUT2D eigenvalue weighted by Crippen LogP contribution is -2.24. The number of nitrogens with one attached hydrogen (secondary N) is 1. The van der Waals surface area contributed by atoms with Crippen LogP contribution in [0.5, 0.6) is 5.75 Å². The average molecular weight is 281 g/mol. The number of carbonyl (C=O) groups excluding carboxylic acids is 1. The zero-order valence-corrected chi connectivity index (χ0v) is 12.6. The molecule has 0 saturated carbocycles. The summed E-state index contributed by atoms with van der Waals surface area (Å²) in [5, 5.41) is 2.99. The van der Waals surface area contributed by atoms with Gasteiger partial charge in [0.05, 0.1) is 7.11 Å². The van der Waals surface area contributed by atoms with Crippen molar-refractivity contribution in [3.8, 4) is 5.75 Å². The number of anilines is 1. The van der Waals surface area contributed by atoms with Crippen molar-refractivity contribution in [3.63, 3.8) is 0 Å². The summed E-state index contributed by atoms with van der Waals surface area (Å²) in [4.78, 5) is 12.1. The van der Waals surface area contributed by atoms with Gasteiger partial charge in [0, 0.05) is 23.6 Å². The summed E-state index contributed by atoms with van der Waals surface area (Å²) < 4.78 is 5.47. The van der Waals surface area contributed by atoms with Crippen molar-refractivity contribution in [2.75, 3.05) is 12.4 Å². The normalized spacial score (nSPS) is 17.1. The molecule has 0 fully saturated rings. The highest BCUT2D eigenvalue weighted by Crippen LogP contribution is 2.41. The van der Waals surface area contributed by atoms with Gasteiger partial charge < -0.3 is 10.1 Å². The molecule has 0 saturated heterocycles. The van der Waals surface area contributed by atoms with Gasteiger partial charge in [0.2, 0.25) is 5.91 Å². The molecule has 1 aliphatic heterocycles. The molecule has 3 rings (SSSR count). The fourth-order valence-corrected chi connectivity index (χ4v) is 2.96. The van der Waals surface area contributed by atoms with Gasteiger partial charge in [-0.05, 0) is 42.7 Å². The molecule has 1 atom stereocenters. The molecule has 1 N–H and O–H groups in total. The maximum absolute atomic E-state index is 12.1. The number of ether oxygens (including phenoxy) is 1. The molecular weight excluding hydrogens is 262 g/mol. The van der Waals surface area contributed by atoms with Crippen LogP contribution in [0.4, 0.5) is 5.69 Å². The van der Waals surface area contributed by atoms with E-state index in [9.17, 15) is 4.79 Å². The Balaban J connectivity index is 2.17. The molecule has 108 valence electrons. The van der Waals surface area contributed by atoms with Gasteiger partial charge in [-0.15, -0.1) is 0 Å². The van der Waals surface area contributed by atoms with Crippen molar-refractivity contribution in [2.45, 2.75) is 26.2 Å². The molecular formula is C18H19NO2. The van der Waals surface area contributed by atoms with Gasteiger partial charge in [-0.3, -0.25) is 4.79 Å². The minimum absolute atomic E-state index is 0.0456. The lowest BCUT2D eigenvalue weighted by molar-refractivity contribution is -0.116. The molecule has 1 aliphatic rings. The third-order valence-electron chi connectivity index (χ3n) is 4.22. The van der Waals surface area contributed by atoms with Crippen LogP contribution in [0.2, 0.25) is 0 Å². The van der Waals surface area contributed by atoms with Crippen molar-refractivity contribution in [3.05, 3.63) is 58.7 Å². The SMILES string of the molecule is COc1ccccc1[C@@H]1CC(=O)Nc2cc(C)c(C)cc21. The molecule has 3 heteroatoms. The van der Waals surface area contributed by atoms with Gasteiger partial charge in [-0.25, -0.2) is 0 Å². The van der Waals surface area contributed by atoms with Gasteiger partial charge in [-0.1, -0.05) is 24.3 Å². The fourth-order valence-electron chi connectivity index (χ4n) is 2.96. The minimum Gasteiger partial charge on any atom is -0.496 e. The number of para-hydroxylation sites is 1. The molecule has 0 aromatic heterocycles. The van der Waals surface area contributed by atoms with Crippen LogP contribution in [-0.4, -0.2) is 13.0 Å². The van der Waals surface area contributed by atoms with E-state index < -0.39 is 0 Å². The molecule has 0 bridgehead atoms. The lowest BCUT2D eigenvalue weighted by Gasteiger charge is -2.28. The van der Waals surface area contributed by atoms with E-state index in [-0.39, 0.29) is 11.8 Å². The summed E-state index contributed by atoms with van der Waals surface area (Å²) in [6.07, 6.45) is 0.454. The Kier molecular flexibility index (Phi) is 3.42. The third kappa shape index (κ3) is 2.40. The number of hydrogen-bond acceptors (Lipinski definition) is 2. The number of hydrogen-bond donors (Lipinski definition) is 1. The molecule has 1 amide bonds. The summed E-state index contributed by atoms with van der Waals surface area (Å²) >= 11 is 0. The van der Waals surface area contributed by atoms with Crippen molar-refractivity contribution in [2.24, 2.45) is 0 Å². The van der Waals surface area contributed by atoms with E-state index in [1.165, 1.54) is 16.7 Å². The third-order valence-corrected chi connectivity index (χ3v) is 4.22. The van der Waals surface area contributed by atoms with Crippen molar-refractivity contribution >= 4 is 11.6 Å². The smallest absolute Gasteiger partial charge is 0.225 e. The topological polar surface area (TPSA) is 38.3 Å². The second-order valence-corrected chi connectivity index (χ2v) is 5.57. The van der Waals surface area contributed by atoms with Gasteiger partial charge in [-0.2, -0.15) is 0 Å². The first-order chi connectivity index (χ1) is 10.1. The van der Waals surface area contributed by atoms with Crippen LogP contribution in [0.25, 0.3) is 0 Å². The second kappa shape index (κ2) is 5.24. The van der Waals surface area contributed by atoms with Crippen LogP contribution in [0, 0.1) is 13.8 Å². The minimum atomic E-state index is 0.0456. The number of aryl methyl sites for hydroxylation is 2. The Hall–Kier alpha value is -2.29. The Bertz CT molecular complexity index is 706. The number of fused-ring (bicyclic) bond motifs is 1. The Morgan fingerprint density at radius 1 is 1.10 bits per heavy atom. The zero-order chi connectivity index (χ0) is 15.0. The standard InChI is InChI=1S/C18H19NO2/c1-11-8-15-14(13-6-4-5-7-17(13)21-3)10-18(20)19-16(15)9-12(11)2/h4-9,14H,10H2,1-3H3,(H,19,20)/t14-/m0/s1. The largest absolute Gasteiger partial charge is 0.496 e. The van der Waals surface area contributed by atoms with E-state index in [0.717, 1.165) is 17.0 Å². The molecule has 3 nitrogen and oxygen atoms in total. The van der Waals surface area contributed by atoms with Crippen molar-refractivity contribution in [1.82, 2.24) is 0 Å². The van der Waals surface area contributed by atoms with Gasteiger partial charge >= 0.3 is 0 Å². The maximum Gasteiger partial charge on any atom is 0.225 e. The van der Waals surface area contributed by atoms with E-state index in [1.54, 1.807) is 7.11 Å². The molecule has 0 unspecified atom stereocenters. The van der Waals surface area contributed by atoms with E-state index >= 15 is 0 Å². The van der Waals surface area contributed by atoms with Gasteiger partial charge in [0.15, 0.2) is 0 Å². The summed E-state index contributed by atoms with van der Waals surface area (Å²) in [5.41, 5.74) is 5.59. The molecule has 0 aliphatic carbocycles. The number of carbonyl (C=O) groups is 1. The predicted molar refractivity (Wildman–Crippen MR) is 84.0 cm³/mol. The number of amides is 1. The molecule has 2 aromatic carbocycles. The lowest BCUT2D eigenvalue weighted by atomic mass is 9.83. The number of benzene rings is 2. The summed E-state index contributed by atoms with van der Waals surface area (Å²) in [7, 11) is 1.67. The van der Waals surface area contributed by atoms with E-state index in [2.05, 4.69) is 31.3 Å². The first kappa shape index (κ1) is 13.7. The molecule has 21 heavy (non-hydrogen) atoms. The quantitative estimate of drug-likeness (QED) is 0.909. The maximum atomic E-state index is 12.1. The highest BCUT2D eigenvalue weighted by atomic mass is 16.5. The van der Waals surface area contributed by atoms with Crippen LogP contribution in [0.3, 0.4) is 0 Å². The van der Waals surface area contributed by atoms with Crippen LogP contribution in [0.15, 0.2) is 36.4 Å². The second-order valence-electron chi connectivity index (χ2n) is 5.57. The predicted octanol–water partition coefficient (Wildman–Crippen LogP) is 3.79. The molecule has 0 radical (unpaired) electrons. The molecule has 0 spiro atoms. The monoisotopic (exact) mass is 281 g/mol. The first-order valence-corrected chi connectivity index (χ1v) is 7.14. The Labute approximate surface area is 124 Å². The summed E-state index contributed by atoms with van der Waals surface area (Å²) in [6, 6.07) is 12.2. The van der Waals surface area contributed by atoms with Crippen LogP contribution in [-0.2, 0) is 4.79 Å². The summed E-state index contributed by atoms with van der Waals surface area (Å²) in [6.45, 7) is 4.17. The molecule has 2 aromatic rings. The van der Waals surface area contributed by atoms with Crippen LogP contribution >= 0.6 is 0 Å². The van der Waals surface area contributed by atoms with Crippen molar-refractivity contribution in [1.29, 1.82) is 0 Å². The van der Waals surface area contributed by atoms with Crippen LogP contribution in [0.1, 0.15) is 34.6 Å². The number of methoxy groups -OCH3 is 1. The highest BCUT2D eigenvalue weighted by Gasteiger charge is 2.28. The Morgan fingerprint density at radius 3 is 2.57 bits per heavy atom. The van der Waals surface area contributed by atoms with Crippen molar-refractivity contribution < 1.29 is 9.53 Å². The Morgan fingerprint density at radius 2 is 1.81 bits per heavy atom. The fraction of sp³-hybridized carbons (Fsp3) is 0.278. The van der Waals surface area contributed by atoms with E-state index in [1.807, 2.05) is 24.3 Å². The van der Waals surface area contributed by atoms with E-state index in [0.29, 0.717) is 6.42 Å². The zero-order valence-electron chi connectivity index (χ0n) is 12.6.